The second kappa shape index (κ2) is 6.58. The number of benzene rings is 1. The first-order valence-electron chi connectivity index (χ1n) is 6.15. The third-order valence-electron chi connectivity index (χ3n) is 2.98. The van der Waals surface area contributed by atoms with Crippen molar-refractivity contribution in [2.24, 2.45) is 0 Å². The van der Waals surface area contributed by atoms with E-state index < -0.39 is 4.92 Å². The fraction of sp³-hybridized carbons (Fsp3) is 0.214. The maximum atomic E-state index is 10.7. The van der Waals surface area contributed by atoms with Crippen molar-refractivity contribution in [2.45, 2.75) is 19.5 Å². The van der Waals surface area contributed by atoms with E-state index in [1.54, 1.807) is 12.3 Å². The maximum absolute atomic E-state index is 10.7. The summed E-state index contributed by atoms with van der Waals surface area (Å²) in [4.78, 5) is 14.6. The Kier molecular flexibility index (Phi) is 4.81. The highest BCUT2D eigenvalue weighted by Crippen LogP contribution is 2.23. The van der Waals surface area contributed by atoms with Crippen LogP contribution in [-0.2, 0) is 6.54 Å². The number of nitro groups is 1. The van der Waals surface area contributed by atoms with E-state index in [9.17, 15) is 10.1 Å². The van der Waals surface area contributed by atoms with Gasteiger partial charge in [-0.05, 0) is 30.7 Å². The van der Waals surface area contributed by atoms with Crippen molar-refractivity contribution in [3.05, 3.63) is 68.4 Å². The molecule has 0 spiro atoms. The molecule has 2 aromatic rings. The van der Waals surface area contributed by atoms with Crippen LogP contribution in [0.4, 0.5) is 5.69 Å². The van der Waals surface area contributed by atoms with Crippen molar-refractivity contribution in [3.63, 3.8) is 0 Å². The quantitative estimate of drug-likeness (QED) is 0.669. The van der Waals surface area contributed by atoms with Gasteiger partial charge in [0, 0.05) is 35.4 Å². The zero-order valence-corrected chi connectivity index (χ0v) is 12.5. The lowest BCUT2D eigenvalue weighted by molar-refractivity contribution is -0.384. The Hall–Kier alpha value is -1.79. The van der Waals surface area contributed by atoms with Gasteiger partial charge in [0.2, 0.25) is 0 Å². The smallest absolute Gasteiger partial charge is 0.270 e. The highest BCUT2D eigenvalue weighted by atomic mass is 79.9. The first-order chi connectivity index (χ1) is 9.58. The summed E-state index contributed by atoms with van der Waals surface area (Å²) in [6, 6.07) is 10.7. The van der Waals surface area contributed by atoms with Crippen LogP contribution in [0, 0.1) is 10.1 Å². The third kappa shape index (κ3) is 3.61. The van der Waals surface area contributed by atoms with Gasteiger partial charge in [-0.25, -0.2) is 0 Å². The van der Waals surface area contributed by atoms with Gasteiger partial charge in [0.15, 0.2) is 0 Å². The number of hydrogen-bond donors (Lipinski definition) is 1. The predicted molar refractivity (Wildman–Crippen MR) is 80.3 cm³/mol. The molecule has 5 nitrogen and oxygen atoms in total. The fourth-order valence-electron chi connectivity index (χ4n) is 1.79. The van der Waals surface area contributed by atoms with Gasteiger partial charge in [0.05, 0.1) is 10.6 Å². The lowest BCUT2D eigenvalue weighted by Gasteiger charge is -2.13. The minimum Gasteiger partial charge on any atom is -0.305 e. The topological polar surface area (TPSA) is 68.1 Å². The largest absolute Gasteiger partial charge is 0.305 e. The molecule has 2 rings (SSSR count). The number of non-ortho nitro benzene ring substituents is 1. The molecule has 20 heavy (non-hydrogen) atoms. The van der Waals surface area contributed by atoms with Crippen molar-refractivity contribution in [1.82, 2.24) is 10.3 Å². The molecule has 0 bridgehead atoms. The molecule has 0 aliphatic rings. The normalized spacial score (nSPS) is 12.1. The second-order valence-corrected chi connectivity index (χ2v) is 5.24. The number of hydrogen-bond acceptors (Lipinski definition) is 4. The Balaban J connectivity index is 2.02. The van der Waals surface area contributed by atoms with Crippen LogP contribution >= 0.6 is 15.9 Å². The lowest BCUT2D eigenvalue weighted by atomic mass is 10.1. The summed E-state index contributed by atoms with van der Waals surface area (Å²) in [5.74, 6) is 0. The van der Waals surface area contributed by atoms with E-state index in [0.29, 0.717) is 6.54 Å². The van der Waals surface area contributed by atoms with Crippen molar-refractivity contribution in [1.29, 1.82) is 0 Å². The van der Waals surface area contributed by atoms with E-state index >= 15 is 0 Å². The first kappa shape index (κ1) is 14.6. The van der Waals surface area contributed by atoms with E-state index in [2.05, 4.69) is 26.2 Å². The van der Waals surface area contributed by atoms with Crippen LogP contribution in [0.3, 0.4) is 0 Å². The summed E-state index contributed by atoms with van der Waals surface area (Å²) in [7, 11) is 0. The van der Waals surface area contributed by atoms with Gasteiger partial charge in [0.25, 0.3) is 5.69 Å². The third-order valence-corrected chi connectivity index (χ3v) is 3.72. The Bertz CT molecular complexity index is 605. The van der Waals surface area contributed by atoms with Crippen LogP contribution in [0.5, 0.6) is 0 Å². The number of nitrogens with one attached hydrogen (secondary N) is 1. The van der Waals surface area contributed by atoms with Crippen molar-refractivity contribution >= 4 is 21.6 Å². The van der Waals surface area contributed by atoms with Crippen LogP contribution in [0.1, 0.15) is 24.2 Å². The van der Waals surface area contributed by atoms with Gasteiger partial charge < -0.3 is 5.32 Å². The summed E-state index contributed by atoms with van der Waals surface area (Å²) in [5.41, 5.74) is 2.02. The van der Waals surface area contributed by atoms with Gasteiger partial charge in [-0.15, -0.1) is 0 Å². The SMILES string of the molecule is CC(NCc1ccc([N+](=O)[O-])cc1Br)c1ccccn1. The molecule has 0 saturated carbocycles. The molecule has 104 valence electrons. The maximum Gasteiger partial charge on any atom is 0.270 e. The second-order valence-electron chi connectivity index (χ2n) is 4.39. The molecule has 0 saturated heterocycles. The molecule has 0 aliphatic heterocycles. The van der Waals surface area contributed by atoms with E-state index in [1.807, 2.05) is 25.1 Å². The Morgan fingerprint density at radius 2 is 2.20 bits per heavy atom. The van der Waals surface area contributed by atoms with Crippen LogP contribution < -0.4 is 5.32 Å². The molecule has 1 aromatic heterocycles. The average Bonchev–Trinajstić information content (AvgIpc) is 2.46. The highest BCUT2D eigenvalue weighted by molar-refractivity contribution is 9.10. The van der Waals surface area contributed by atoms with Crippen LogP contribution in [-0.4, -0.2) is 9.91 Å². The lowest BCUT2D eigenvalue weighted by Crippen LogP contribution is -2.19. The number of nitrogens with zero attached hydrogens (tertiary/aromatic N) is 2. The molecule has 0 aliphatic carbocycles. The highest BCUT2D eigenvalue weighted by Gasteiger charge is 2.10. The van der Waals surface area contributed by atoms with E-state index in [4.69, 9.17) is 0 Å². The minimum absolute atomic E-state index is 0.0819. The minimum atomic E-state index is -0.404. The molecule has 1 N–H and O–H groups in total. The summed E-state index contributed by atoms with van der Waals surface area (Å²) < 4.78 is 0.729. The van der Waals surface area contributed by atoms with Gasteiger partial charge in [-0.1, -0.05) is 22.0 Å². The zero-order valence-electron chi connectivity index (χ0n) is 10.9. The molecule has 0 amide bonds. The van der Waals surface area contributed by atoms with E-state index in [0.717, 1.165) is 15.7 Å². The average molecular weight is 336 g/mol. The van der Waals surface area contributed by atoms with Crippen LogP contribution in [0.2, 0.25) is 0 Å². The summed E-state index contributed by atoms with van der Waals surface area (Å²) >= 11 is 3.36. The van der Waals surface area contributed by atoms with Crippen LogP contribution in [0.15, 0.2) is 47.1 Å². The van der Waals surface area contributed by atoms with Gasteiger partial charge >= 0.3 is 0 Å². The standard InChI is InChI=1S/C14H14BrN3O2/c1-10(14-4-2-3-7-16-14)17-9-11-5-6-12(18(19)20)8-13(11)15/h2-8,10,17H,9H2,1H3. The van der Waals surface area contributed by atoms with E-state index in [-0.39, 0.29) is 11.7 Å². The number of aromatic nitrogens is 1. The molecule has 0 fully saturated rings. The number of halogens is 1. The monoisotopic (exact) mass is 335 g/mol. The number of pyridine rings is 1. The molecule has 0 radical (unpaired) electrons. The molecule has 1 aromatic carbocycles. The molecule has 6 heteroatoms. The van der Waals surface area contributed by atoms with Crippen molar-refractivity contribution in [3.8, 4) is 0 Å². The Morgan fingerprint density at radius 1 is 1.40 bits per heavy atom. The predicted octanol–water partition coefficient (Wildman–Crippen LogP) is 3.60. The van der Waals surface area contributed by atoms with Gasteiger partial charge in [-0.3, -0.25) is 15.1 Å². The van der Waals surface area contributed by atoms with E-state index in [1.165, 1.54) is 12.1 Å². The molecule has 1 atom stereocenters. The molecular weight excluding hydrogens is 322 g/mol. The molecular formula is C14H14BrN3O2. The molecule has 1 heterocycles. The Labute approximate surface area is 125 Å². The van der Waals surface area contributed by atoms with Gasteiger partial charge in [-0.2, -0.15) is 0 Å². The summed E-state index contributed by atoms with van der Waals surface area (Å²) in [5, 5.41) is 14.0. The summed E-state index contributed by atoms with van der Waals surface area (Å²) in [6.45, 7) is 2.64. The summed E-state index contributed by atoms with van der Waals surface area (Å²) in [6.07, 6.45) is 1.76. The van der Waals surface area contributed by atoms with Crippen LogP contribution in [0.25, 0.3) is 0 Å². The zero-order chi connectivity index (χ0) is 14.5. The van der Waals surface area contributed by atoms with Crippen molar-refractivity contribution < 1.29 is 4.92 Å². The van der Waals surface area contributed by atoms with Crippen molar-refractivity contribution in [2.75, 3.05) is 0 Å². The Morgan fingerprint density at radius 3 is 2.80 bits per heavy atom. The number of nitro benzene ring substituents is 1. The van der Waals surface area contributed by atoms with Gasteiger partial charge in [0.1, 0.15) is 0 Å². The molecule has 1 unspecified atom stereocenters. The number of rotatable bonds is 5. The first-order valence-corrected chi connectivity index (χ1v) is 6.94. The fourth-order valence-corrected chi connectivity index (χ4v) is 2.30.